The van der Waals surface area contributed by atoms with Crippen molar-refractivity contribution < 1.29 is 14.3 Å². The van der Waals surface area contributed by atoms with Crippen molar-refractivity contribution in [3.8, 4) is 0 Å². The van der Waals surface area contributed by atoms with Crippen LogP contribution in [-0.4, -0.2) is 47.7 Å². The number of hydrogen-bond acceptors (Lipinski definition) is 3. The summed E-state index contributed by atoms with van der Waals surface area (Å²) in [6, 6.07) is 7.15. The van der Waals surface area contributed by atoms with E-state index in [1.54, 1.807) is 6.07 Å². The molecule has 0 bridgehead atoms. The van der Waals surface area contributed by atoms with E-state index in [9.17, 15) is 14.3 Å². The molecular formula is C20H27FN2O2. The third kappa shape index (κ3) is 3.03. The number of aliphatic hydroxyl groups is 1. The van der Waals surface area contributed by atoms with E-state index in [1.807, 2.05) is 12.1 Å². The number of aliphatic hydroxyl groups excluding tert-OH is 1. The van der Waals surface area contributed by atoms with Gasteiger partial charge in [0.05, 0.1) is 17.2 Å². The molecule has 0 unspecified atom stereocenters. The number of likely N-dealkylation sites (tertiary alicyclic amines) is 1. The molecule has 1 aromatic rings. The van der Waals surface area contributed by atoms with Crippen molar-refractivity contribution in [2.24, 2.45) is 5.41 Å². The van der Waals surface area contributed by atoms with Crippen LogP contribution < -0.4 is 4.90 Å². The number of anilines is 1. The Morgan fingerprint density at radius 1 is 1.08 bits per heavy atom. The van der Waals surface area contributed by atoms with Crippen LogP contribution in [-0.2, 0) is 4.79 Å². The second-order valence-corrected chi connectivity index (χ2v) is 7.97. The lowest BCUT2D eigenvalue weighted by Crippen LogP contribution is -2.50. The van der Waals surface area contributed by atoms with Gasteiger partial charge in [-0.05, 0) is 57.1 Å². The molecule has 5 heteroatoms. The van der Waals surface area contributed by atoms with Crippen LogP contribution in [0.2, 0.25) is 0 Å². The highest BCUT2D eigenvalue weighted by atomic mass is 19.1. The molecule has 4 nitrogen and oxygen atoms in total. The highest BCUT2D eigenvalue weighted by Crippen LogP contribution is 2.43. The zero-order chi connectivity index (χ0) is 17.4. The maximum atomic E-state index is 14.2. The van der Waals surface area contributed by atoms with Gasteiger partial charge in [-0.1, -0.05) is 12.1 Å². The van der Waals surface area contributed by atoms with E-state index in [0.717, 1.165) is 58.0 Å². The predicted molar refractivity (Wildman–Crippen MR) is 94.9 cm³/mol. The van der Waals surface area contributed by atoms with Crippen LogP contribution in [0.15, 0.2) is 24.3 Å². The molecule has 2 aliphatic heterocycles. The fourth-order valence-corrected chi connectivity index (χ4v) is 4.99. The number of carbonyl (C=O) groups excluding carboxylic acids is 1. The van der Waals surface area contributed by atoms with Crippen molar-refractivity contribution in [2.45, 2.75) is 57.1 Å². The van der Waals surface area contributed by atoms with E-state index in [2.05, 4.69) is 9.80 Å². The molecule has 1 aromatic carbocycles. The average molecular weight is 346 g/mol. The zero-order valence-electron chi connectivity index (χ0n) is 14.7. The first-order chi connectivity index (χ1) is 12.1. The Kier molecular flexibility index (Phi) is 4.44. The first kappa shape index (κ1) is 16.8. The number of halogens is 1. The molecule has 136 valence electrons. The highest BCUT2D eigenvalue weighted by Gasteiger charge is 2.50. The van der Waals surface area contributed by atoms with Gasteiger partial charge in [-0.25, -0.2) is 4.39 Å². The van der Waals surface area contributed by atoms with Crippen LogP contribution in [0.1, 0.15) is 44.9 Å². The Labute approximate surface area is 148 Å². The van der Waals surface area contributed by atoms with E-state index in [1.165, 1.54) is 6.07 Å². The van der Waals surface area contributed by atoms with E-state index in [0.29, 0.717) is 12.2 Å². The molecule has 3 fully saturated rings. The number of nitrogens with zero attached hydrogens (tertiary/aromatic N) is 2. The minimum Gasteiger partial charge on any atom is -0.393 e. The highest BCUT2D eigenvalue weighted by molar-refractivity contribution is 5.86. The smallest absolute Gasteiger partial charge is 0.230 e. The van der Waals surface area contributed by atoms with Crippen LogP contribution in [0.4, 0.5) is 10.1 Å². The zero-order valence-corrected chi connectivity index (χ0v) is 14.7. The molecule has 3 aliphatic rings. The third-order valence-corrected chi connectivity index (χ3v) is 6.42. The van der Waals surface area contributed by atoms with Crippen molar-refractivity contribution in [2.75, 3.05) is 24.5 Å². The maximum Gasteiger partial charge on any atom is 0.230 e. The van der Waals surface area contributed by atoms with Crippen LogP contribution in [0.25, 0.3) is 0 Å². The molecule has 1 N–H and O–H groups in total. The van der Waals surface area contributed by atoms with Crippen molar-refractivity contribution >= 4 is 11.6 Å². The Morgan fingerprint density at radius 3 is 2.60 bits per heavy atom. The number of para-hydroxylation sites is 1. The molecule has 1 saturated carbocycles. The average Bonchev–Trinajstić information content (AvgIpc) is 2.92. The predicted octanol–water partition coefficient (Wildman–Crippen LogP) is 2.95. The fraction of sp³-hybridized carbons (Fsp3) is 0.650. The number of carbonyl (C=O) groups is 1. The van der Waals surface area contributed by atoms with Crippen molar-refractivity contribution in [1.82, 2.24) is 4.90 Å². The van der Waals surface area contributed by atoms with Gasteiger partial charge in [-0.15, -0.1) is 0 Å². The summed E-state index contributed by atoms with van der Waals surface area (Å²) in [5.41, 5.74) is 0.268. The molecule has 2 saturated heterocycles. The van der Waals surface area contributed by atoms with Crippen molar-refractivity contribution in [1.29, 1.82) is 0 Å². The van der Waals surface area contributed by atoms with Crippen molar-refractivity contribution in [3.05, 3.63) is 30.1 Å². The molecule has 0 radical (unpaired) electrons. The molecular weight excluding hydrogens is 319 g/mol. The largest absolute Gasteiger partial charge is 0.393 e. The number of amides is 1. The quantitative estimate of drug-likeness (QED) is 0.895. The molecule has 1 amide bonds. The minimum absolute atomic E-state index is 0.200. The van der Waals surface area contributed by atoms with Gasteiger partial charge in [-0.3, -0.25) is 4.79 Å². The SMILES string of the molecule is O=C1N([C@H]2CC[C@@H](O)CC2)CC[C@@]12CCCN(c1ccccc1F)C2. The Morgan fingerprint density at radius 2 is 1.84 bits per heavy atom. The summed E-state index contributed by atoms with van der Waals surface area (Å²) < 4.78 is 14.2. The van der Waals surface area contributed by atoms with E-state index >= 15 is 0 Å². The van der Waals surface area contributed by atoms with E-state index in [-0.39, 0.29) is 29.3 Å². The lowest BCUT2D eigenvalue weighted by Gasteiger charge is -2.41. The van der Waals surface area contributed by atoms with Crippen LogP contribution in [0, 0.1) is 11.2 Å². The van der Waals surface area contributed by atoms with E-state index in [4.69, 9.17) is 0 Å². The van der Waals surface area contributed by atoms with Crippen LogP contribution in [0.3, 0.4) is 0 Å². The van der Waals surface area contributed by atoms with Gasteiger partial charge < -0.3 is 14.9 Å². The number of benzene rings is 1. The summed E-state index contributed by atoms with van der Waals surface area (Å²) in [6.07, 6.45) is 5.90. The minimum atomic E-state index is -0.351. The molecule has 4 rings (SSSR count). The van der Waals surface area contributed by atoms with Gasteiger partial charge in [0, 0.05) is 25.7 Å². The van der Waals surface area contributed by atoms with Gasteiger partial charge in [0.25, 0.3) is 0 Å². The molecule has 1 atom stereocenters. The monoisotopic (exact) mass is 346 g/mol. The lowest BCUT2D eigenvalue weighted by molar-refractivity contribution is -0.139. The lowest BCUT2D eigenvalue weighted by atomic mass is 9.78. The summed E-state index contributed by atoms with van der Waals surface area (Å²) in [5.74, 6) is 0.0537. The van der Waals surface area contributed by atoms with Gasteiger partial charge in [0.15, 0.2) is 0 Å². The Balaban J connectivity index is 1.50. The topological polar surface area (TPSA) is 43.8 Å². The van der Waals surface area contributed by atoms with Gasteiger partial charge in [0.1, 0.15) is 5.82 Å². The molecule has 25 heavy (non-hydrogen) atoms. The first-order valence-corrected chi connectivity index (χ1v) is 9.58. The van der Waals surface area contributed by atoms with E-state index < -0.39 is 0 Å². The second kappa shape index (κ2) is 6.60. The summed E-state index contributed by atoms with van der Waals surface area (Å²) >= 11 is 0. The standard InChI is InChI=1S/C20H27FN2O2/c21-17-4-1-2-5-18(17)22-12-3-10-20(14-22)11-13-23(19(20)25)15-6-8-16(24)9-7-15/h1-2,4-5,15-16,24H,3,6-14H2/t15-,16+,20-/m1/s1. The summed E-state index contributed by atoms with van der Waals surface area (Å²) in [7, 11) is 0. The summed E-state index contributed by atoms with van der Waals surface area (Å²) in [6.45, 7) is 2.24. The first-order valence-electron chi connectivity index (χ1n) is 9.58. The van der Waals surface area contributed by atoms with Gasteiger partial charge in [-0.2, -0.15) is 0 Å². The number of hydrogen-bond donors (Lipinski definition) is 1. The maximum absolute atomic E-state index is 14.2. The Bertz CT molecular complexity index is 644. The molecule has 2 heterocycles. The fourth-order valence-electron chi connectivity index (χ4n) is 4.99. The third-order valence-electron chi connectivity index (χ3n) is 6.42. The number of piperidine rings is 1. The second-order valence-electron chi connectivity index (χ2n) is 7.97. The van der Waals surface area contributed by atoms with Crippen molar-refractivity contribution in [3.63, 3.8) is 0 Å². The normalized spacial score (nSPS) is 33.3. The van der Waals surface area contributed by atoms with Gasteiger partial charge >= 0.3 is 0 Å². The van der Waals surface area contributed by atoms with Crippen LogP contribution >= 0.6 is 0 Å². The summed E-state index contributed by atoms with van der Waals surface area (Å²) in [5, 5.41) is 9.72. The summed E-state index contributed by atoms with van der Waals surface area (Å²) in [4.78, 5) is 17.4. The molecule has 0 aromatic heterocycles. The van der Waals surface area contributed by atoms with Crippen LogP contribution in [0.5, 0.6) is 0 Å². The number of rotatable bonds is 2. The Hall–Kier alpha value is -1.62. The van der Waals surface area contributed by atoms with Gasteiger partial charge in [0.2, 0.25) is 5.91 Å². The molecule has 1 aliphatic carbocycles. The molecule has 1 spiro atoms.